The highest BCUT2D eigenvalue weighted by Crippen LogP contribution is 2.21. The average Bonchev–Trinajstić information content (AvgIpc) is 2.45. The van der Waals surface area contributed by atoms with E-state index in [-0.39, 0.29) is 5.91 Å². The van der Waals surface area contributed by atoms with E-state index in [0.29, 0.717) is 6.54 Å². The third kappa shape index (κ3) is 2.58. The van der Waals surface area contributed by atoms with Crippen LogP contribution in [0, 0.1) is 13.8 Å². The number of nitrogens with zero attached hydrogens (tertiary/aromatic N) is 2. The number of piperazine rings is 3. The van der Waals surface area contributed by atoms with Gasteiger partial charge in [-0.1, -0.05) is 12.1 Å². The Bertz CT molecular complexity index is 505. The number of nitrogens with one attached hydrogen (secondary N) is 1. The maximum absolute atomic E-state index is 12.4. The van der Waals surface area contributed by atoms with Crippen LogP contribution in [0.3, 0.4) is 0 Å². The molecule has 0 radical (unpaired) electrons. The molecule has 0 aromatic heterocycles. The average molecular weight is 274 g/mol. The van der Waals surface area contributed by atoms with Crippen LogP contribution >= 0.6 is 0 Å². The molecule has 3 fully saturated rings. The molecule has 20 heavy (non-hydrogen) atoms. The third-order valence-electron chi connectivity index (χ3n) is 5.03. The van der Waals surface area contributed by atoms with Crippen molar-refractivity contribution in [2.24, 2.45) is 0 Å². The fraction of sp³-hybridized carbons (Fsp3) is 0.562. The van der Waals surface area contributed by atoms with E-state index in [0.717, 1.165) is 49.4 Å². The fourth-order valence-corrected chi connectivity index (χ4v) is 3.35. The molecule has 1 N–H and O–H groups in total. The van der Waals surface area contributed by atoms with Gasteiger partial charge in [0.25, 0.3) is 5.91 Å². The van der Waals surface area contributed by atoms with Gasteiger partial charge in [0.1, 0.15) is 0 Å². The van der Waals surface area contributed by atoms with Crippen LogP contribution in [-0.4, -0.2) is 61.1 Å². The lowest BCUT2D eigenvalue weighted by molar-refractivity contribution is -0.933. The molecule has 1 aromatic carbocycles. The lowest BCUT2D eigenvalue weighted by Crippen LogP contribution is -2.68. The van der Waals surface area contributed by atoms with Crippen LogP contribution in [0.1, 0.15) is 11.1 Å². The van der Waals surface area contributed by atoms with E-state index in [1.807, 2.05) is 12.1 Å². The summed E-state index contributed by atoms with van der Waals surface area (Å²) in [6.07, 6.45) is 0. The standard InChI is InChI=1S/C16H23N3O/c1-13-4-3-5-15(14(13)2)17-16(20)12-19-9-6-18(7-10-19)8-11-19/h3-5H,6-12H2,1-2H3/p+1. The summed E-state index contributed by atoms with van der Waals surface area (Å²) in [4.78, 5) is 14.9. The molecule has 0 saturated carbocycles. The highest BCUT2D eigenvalue weighted by atomic mass is 16.2. The topological polar surface area (TPSA) is 32.3 Å². The molecule has 1 aromatic rings. The zero-order valence-electron chi connectivity index (χ0n) is 12.5. The number of rotatable bonds is 3. The van der Waals surface area contributed by atoms with Gasteiger partial charge in [0.2, 0.25) is 0 Å². The molecule has 2 bridgehead atoms. The number of quaternary nitrogens is 1. The monoisotopic (exact) mass is 274 g/mol. The molecular formula is C16H24N3O+. The van der Waals surface area contributed by atoms with E-state index in [2.05, 4.69) is 30.1 Å². The van der Waals surface area contributed by atoms with E-state index < -0.39 is 0 Å². The fourth-order valence-electron chi connectivity index (χ4n) is 3.35. The Balaban J connectivity index is 1.66. The number of hydrogen-bond acceptors (Lipinski definition) is 2. The second-order valence-electron chi connectivity index (χ2n) is 6.31. The zero-order chi connectivity index (χ0) is 14.2. The molecule has 4 nitrogen and oxygen atoms in total. The van der Waals surface area contributed by atoms with Crippen molar-refractivity contribution in [2.75, 3.05) is 51.1 Å². The Morgan fingerprint density at radius 2 is 1.85 bits per heavy atom. The predicted molar refractivity (Wildman–Crippen MR) is 80.7 cm³/mol. The number of fused-ring (bicyclic) bond motifs is 3. The summed E-state index contributed by atoms with van der Waals surface area (Å²) in [5.41, 5.74) is 3.36. The van der Waals surface area contributed by atoms with Crippen molar-refractivity contribution in [1.29, 1.82) is 0 Å². The number of carbonyl (C=O) groups is 1. The maximum Gasteiger partial charge on any atom is 0.279 e. The second-order valence-corrected chi connectivity index (χ2v) is 6.31. The molecule has 4 rings (SSSR count). The first-order valence-corrected chi connectivity index (χ1v) is 7.52. The van der Waals surface area contributed by atoms with Crippen molar-refractivity contribution < 1.29 is 9.28 Å². The molecule has 4 heteroatoms. The minimum absolute atomic E-state index is 0.161. The number of hydrogen-bond donors (Lipinski definition) is 1. The highest BCUT2D eigenvalue weighted by Gasteiger charge is 2.39. The molecular weight excluding hydrogens is 250 g/mol. The Morgan fingerprint density at radius 3 is 2.50 bits per heavy atom. The normalized spacial score (nSPS) is 28.4. The highest BCUT2D eigenvalue weighted by molar-refractivity contribution is 5.92. The number of amides is 1. The first-order valence-electron chi connectivity index (χ1n) is 7.52. The molecule has 3 aliphatic heterocycles. The third-order valence-corrected chi connectivity index (χ3v) is 5.03. The van der Waals surface area contributed by atoms with E-state index in [9.17, 15) is 4.79 Å². The number of benzene rings is 1. The van der Waals surface area contributed by atoms with Crippen molar-refractivity contribution in [3.8, 4) is 0 Å². The van der Waals surface area contributed by atoms with Crippen molar-refractivity contribution in [2.45, 2.75) is 13.8 Å². The molecule has 0 spiro atoms. The molecule has 0 unspecified atom stereocenters. The number of carbonyl (C=O) groups excluding carboxylic acids is 1. The van der Waals surface area contributed by atoms with Gasteiger partial charge >= 0.3 is 0 Å². The number of aryl methyl sites for hydroxylation is 1. The molecule has 108 valence electrons. The Hall–Kier alpha value is -1.39. The van der Waals surface area contributed by atoms with Gasteiger partial charge in [-0.15, -0.1) is 0 Å². The molecule has 3 saturated heterocycles. The smallest absolute Gasteiger partial charge is 0.279 e. The Labute approximate surface area is 121 Å². The molecule has 1 amide bonds. The summed E-state index contributed by atoms with van der Waals surface area (Å²) in [6, 6.07) is 6.08. The summed E-state index contributed by atoms with van der Waals surface area (Å²) in [5, 5.41) is 3.11. The van der Waals surface area contributed by atoms with Gasteiger partial charge in [-0.3, -0.25) is 9.69 Å². The zero-order valence-corrected chi connectivity index (χ0v) is 12.5. The van der Waals surface area contributed by atoms with E-state index in [1.165, 1.54) is 11.1 Å². The summed E-state index contributed by atoms with van der Waals surface area (Å²) < 4.78 is 0.979. The molecule has 3 heterocycles. The van der Waals surface area contributed by atoms with Crippen LogP contribution in [0.25, 0.3) is 0 Å². The minimum atomic E-state index is 0.161. The van der Waals surface area contributed by atoms with Gasteiger partial charge in [0.15, 0.2) is 6.54 Å². The SMILES string of the molecule is Cc1cccc(NC(=O)C[N+]23CCN(CC2)CC3)c1C. The number of anilines is 1. The van der Waals surface area contributed by atoms with E-state index >= 15 is 0 Å². The summed E-state index contributed by atoms with van der Waals surface area (Å²) in [7, 11) is 0. The van der Waals surface area contributed by atoms with E-state index in [4.69, 9.17) is 0 Å². The van der Waals surface area contributed by atoms with Gasteiger partial charge in [0.05, 0.1) is 19.6 Å². The quantitative estimate of drug-likeness (QED) is 0.845. The van der Waals surface area contributed by atoms with Crippen LogP contribution in [0.15, 0.2) is 18.2 Å². The predicted octanol–water partition coefficient (Wildman–Crippen LogP) is 1.39. The van der Waals surface area contributed by atoms with Crippen molar-refractivity contribution >= 4 is 11.6 Å². The molecule has 0 aliphatic carbocycles. The lowest BCUT2D eigenvalue weighted by atomic mass is 10.1. The first kappa shape index (κ1) is 13.6. The lowest BCUT2D eigenvalue weighted by Gasteiger charge is -2.50. The largest absolute Gasteiger partial charge is 0.321 e. The molecule has 0 atom stereocenters. The van der Waals surface area contributed by atoms with Gasteiger partial charge in [-0.2, -0.15) is 0 Å². The summed E-state index contributed by atoms with van der Waals surface area (Å²) >= 11 is 0. The van der Waals surface area contributed by atoms with Crippen molar-refractivity contribution in [3.05, 3.63) is 29.3 Å². The van der Waals surface area contributed by atoms with Gasteiger partial charge in [-0.05, 0) is 31.0 Å². The van der Waals surface area contributed by atoms with Crippen LogP contribution in [0.5, 0.6) is 0 Å². The van der Waals surface area contributed by atoms with Gasteiger partial charge in [0, 0.05) is 25.3 Å². The van der Waals surface area contributed by atoms with Crippen LogP contribution in [0.4, 0.5) is 5.69 Å². The van der Waals surface area contributed by atoms with Gasteiger partial charge in [-0.25, -0.2) is 0 Å². The van der Waals surface area contributed by atoms with Crippen LogP contribution < -0.4 is 5.32 Å². The Kier molecular flexibility index (Phi) is 3.52. The minimum Gasteiger partial charge on any atom is -0.321 e. The first-order chi connectivity index (χ1) is 9.58. The van der Waals surface area contributed by atoms with Crippen LogP contribution in [0.2, 0.25) is 0 Å². The van der Waals surface area contributed by atoms with Crippen LogP contribution in [-0.2, 0) is 4.79 Å². The Morgan fingerprint density at radius 1 is 1.20 bits per heavy atom. The van der Waals surface area contributed by atoms with Crippen molar-refractivity contribution in [3.63, 3.8) is 0 Å². The summed E-state index contributed by atoms with van der Waals surface area (Å²) in [5.74, 6) is 0.161. The molecule has 3 aliphatic rings. The van der Waals surface area contributed by atoms with Crippen molar-refractivity contribution in [1.82, 2.24) is 4.90 Å². The maximum atomic E-state index is 12.4. The van der Waals surface area contributed by atoms with Gasteiger partial charge < -0.3 is 9.80 Å². The summed E-state index contributed by atoms with van der Waals surface area (Å²) in [6.45, 7) is 11.6. The van der Waals surface area contributed by atoms with E-state index in [1.54, 1.807) is 0 Å². The second kappa shape index (κ2) is 5.19.